The summed E-state index contributed by atoms with van der Waals surface area (Å²) in [6.45, 7) is 13.0. The van der Waals surface area contributed by atoms with E-state index in [-0.39, 0.29) is 6.61 Å². The molecule has 2 rings (SSSR count). The van der Waals surface area contributed by atoms with Crippen LogP contribution in [0.1, 0.15) is 30.5 Å². The lowest BCUT2D eigenvalue weighted by Gasteiger charge is -2.20. The summed E-state index contributed by atoms with van der Waals surface area (Å²) in [6, 6.07) is 4.40. The predicted molar refractivity (Wildman–Crippen MR) is 97.2 cm³/mol. The molecule has 0 spiro atoms. The van der Waals surface area contributed by atoms with E-state index in [0.29, 0.717) is 12.6 Å². The largest absolute Gasteiger partial charge is 0.490 e. The minimum atomic E-state index is -0.568. The molecule has 0 aliphatic rings. The number of hydrogen-bond donors (Lipinski definition) is 2. The van der Waals surface area contributed by atoms with Crippen molar-refractivity contribution in [3.8, 4) is 5.75 Å². The number of rotatable bonds is 8. The molecule has 0 bridgehead atoms. The van der Waals surface area contributed by atoms with Crippen molar-refractivity contribution in [2.24, 2.45) is 0 Å². The van der Waals surface area contributed by atoms with Gasteiger partial charge >= 0.3 is 0 Å². The maximum absolute atomic E-state index is 10.1. The SMILES string of the molecule is C=C(c1c(C)ccc(C)c1OCC(O)CNC(C)C)n1ccnc1. The molecule has 1 heterocycles. The number of hydrogen-bond acceptors (Lipinski definition) is 4. The molecule has 1 aromatic heterocycles. The van der Waals surface area contributed by atoms with Gasteiger partial charge in [-0.2, -0.15) is 0 Å². The fraction of sp³-hybridized carbons (Fsp3) is 0.421. The molecule has 1 aromatic carbocycles. The van der Waals surface area contributed by atoms with Crippen molar-refractivity contribution >= 4 is 5.70 Å². The monoisotopic (exact) mass is 329 g/mol. The molecule has 5 heteroatoms. The molecule has 5 nitrogen and oxygen atoms in total. The molecule has 0 fully saturated rings. The molecular weight excluding hydrogens is 302 g/mol. The fourth-order valence-corrected chi connectivity index (χ4v) is 2.49. The zero-order valence-corrected chi connectivity index (χ0v) is 14.9. The minimum Gasteiger partial charge on any atom is -0.490 e. The van der Waals surface area contributed by atoms with Crippen LogP contribution in [0.25, 0.3) is 5.70 Å². The Labute approximate surface area is 144 Å². The van der Waals surface area contributed by atoms with Crippen LogP contribution in [0.2, 0.25) is 0 Å². The number of imidazole rings is 1. The van der Waals surface area contributed by atoms with E-state index in [9.17, 15) is 5.11 Å². The van der Waals surface area contributed by atoms with E-state index in [1.54, 1.807) is 12.5 Å². The molecule has 2 N–H and O–H groups in total. The van der Waals surface area contributed by atoms with Crippen LogP contribution >= 0.6 is 0 Å². The average molecular weight is 329 g/mol. The topological polar surface area (TPSA) is 59.3 Å². The third kappa shape index (κ3) is 4.46. The van der Waals surface area contributed by atoms with Gasteiger partial charge in [0.25, 0.3) is 0 Å². The van der Waals surface area contributed by atoms with Crippen LogP contribution in [0.3, 0.4) is 0 Å². The Balaban J connectivity index is 2.20. The summed E-state index contributed by atoms with van der Waals surface area (Å²) in [7, 11) is 0. The third-order valence-corrected chi connectivity index (χ3v) is 3.85. The zero-order chi connectivity index (χ0) is 17.7. The Kier molecular flexibility index (Phi) is 6.17. The first-order valence-corrected chi connectivity index (χ1v) is 8.22. The second-order valence-corrected chi connectivity index (χ2v) is 6.35. The molecule has 24 heavy (non-hydrogen) atoms. The number of aryl methyl sites for hydroxylation is 2. The van der Waals surface area contributed by atoms with E-state index in [1.165, 1.54) is 0 Å². The first kappa shape index (κ1) is 18.2. The van der Waals surface area contributed by atoms with Crippen molar-refractivity contribution in [3.05, 3.63) is 54.1 Å². The number of aliphatic hydroxyl groups excluding tert-OH is 1. The van der Waals surface area contributed by atoms with E-state index < -0.39 is 6.10 Å². The Morgan fingerprint density at radius 2 is 2.04 bits per heavy atom. The van der Waals surface area contributed by atoms with Gasteiger partial charge in [0.1, 0.15) is 18.5 Å². The summed E-state index contributed by atoms with van der Waals surface area (Å²) in [5, 5.41) is 13.3. The Morgan fingerprint density at radius 1 is 1.33 bits per heavy atom. The number of benzene rings is 1. The standard InChI is InChI=1S/C19H27N3O2/c1-13(2)21-10-17(23)11-24-19-15(4)7-6-14(3)18(19)16(5)22-9-8-20-12-22/h6-9,12-13,17,21,23H,5,10-11H2,1-4H3. The van der Waals surface area contributed by atoms with Gasteiger partial charge in [0.05, 0.1) is 12.0 Å². The van der Waals surface area contributed by atoms with E-state index >= 15 is 0 Å². The smallest absolute Gasteiger partial charge is 0.131 e. The lowest BCUT2D eigenvalue weighted by atomic mass is 10.0. The van der Waals surface area contributed by atoms with Gasteiger partial charge in [0, 0.05) is 30.5 Å². The maximum Gasteiger partial charge on any atom is 0.131 e. The van der Waals surface area contributed by atoms with Crippen LogP contribution in [-0.4, -0.2) is 40.0 Å². The van der Waals surface area contributed by atoms with E-state index in [0.717, 1.165) is 28.1 Å². The second kappa shape index (κ2) is 8.13. The van der Waals surface area contributed by atoms with E-state index in [2.05, 4.69) is 22.9 Å². The molecule has 0 saturated heterocycles. The zero-order valence-electron chi connectivity index (χ0n) is 14.9. The van der Waals surface area contributed by atoms with Gasteiger partial charge in [0.15, 0.2) is 0 Å². The maximum atomic E-state index is 10.1. The van der Waals surface area contributed by atoms with Gasteiger partial charge in [-0.05, 0) is 25.0 Å². The van der Waals surface area contributed by atoms with Crippen LogP contribution in [0, 0.1) is 13.8 Å². The fourth-order valence-electron chi connectivity index (χ4n) is 2.49. The van der Waals surface area contributed by atoms with Crippen molar-refractivity contribution in [2.45, 2.75) is 39.8 Å². The summed E-state index contributed by atoms with van der Waals surface area (Å²) in [5.41, 5.74) is 3.83. The lowest BCUT2D eigenvalue weighted by Crippen LogP contribution is -2.35. The first-order valence-electron chi connectivity index (χ1n) is 8.22. The Hall–Kier alpha value is -2.11. The van der Waals surface area contributed by atoms with Gasteiger partial charge in [-0.25, -0.2) is 4.98 Å². The van der Waals surface area contributed by atoms with Crippen LogP contribution in [-0.2, 0) is 0 Å². The van der Waals surface area contributed by atoms with Gasteiger partial charge in [0.2, 0.25) is 0 Å². The van der Waals surface area contributed by atoms with Crippen LogP contribution in [0.5, 0.6) is 5.75 Å². The highest BCUT2D eigenvalue weighted by Gasteiger charge is 2.16. The summed E-state index contributed by atoms with van der Waals surface area (Å²) in [5.74, 6) is 0.761. The molecule has 1 unspecified atom stereocenters. The molecule has 0 aliphatic heterocycles. The molecular formula is C19H27N3O2. The first-order chi connectivity index (χ1) is 11.4. The molecule has 1 atom stereocenters. The highest BCUT2D eigenvalue weighted by atomic mass is 16.5. The third-order valence-electron chi connectivity index (χ3n) is 3.85. The minimum absolute atomic E-state index is 0.230. The average Bonchev–Trinajstić information content (AvgIpc) is 3.07. The quantitative estimate of drug-likeness (QED) is 0.782. The van der Waals surface area contributed by atoms with Crippen molar-refractivity contribution < 1.29 is 9.84 Å². The van der Waals surface area contributed by atoms with Crippen molar-refractivity contribution in [3.63, 3.8) is 0 Å². The van der Waals surface area contributed by atoms with Gasteiger partial charge in [-0.3, -0.25) is 0 Å². The van der Waals surface area contributed by atoms with Crippen LogP contribution < -0.4 is 10.1 Å². The van der Waals surface area contributed by atoms with E-state index in [1.807, 2.05) is 44.5 Å². The van der Waals surface area contributed by atoms with Crippen molar-refractivity contribution in [1.82, 2.24) is 14.9 Å². The lowest BCUT2D eigenvalue weighted by molar-refractivity contribution is 0.104. The van der Waals surface area contributed by atoms with Gasteiger partial charge in [-0.15, -0.1) is 0 Å². The van der Waals surface area contributed by atoms with Crippen molar-refractivity contribution in [2.75, 3.05) is 13.2 Å². The van der Waals surface area contributed by atoms with Gasteiger partial charge in [-0.1, -0.05) is 32.6 Å². The summed E-state index contributed by atoms with van der Waals surface area (Å²) < 4.78 is 7.84. The van der Waals surface area contributed by atoms with Crippen molar-refractivity contribution in [1.29, 1.82) is 0 Å². The highest BCUT2D eigenvalue weighted by molar-refractivity contribution is 5.73. The number of nitrogens with one attached hydrogen (secondary N) is 1. The number of nitrogens with zero attached hydrogens (tertiary/aromatic N) is 2. The van der Waals surface area contributed by atoms with Gasteiger partial charge < -0.3 is 19.7 Å². The second-order valence-electron chi connectivity index (χ2n) is 6.35. The molecule has 130 valence electrons. The number of ether oxygens (including phenoxy) is 1. The Morgan fingerprint density at radius 3 is 2.67 bits per heavy atom. The highest BCUT2D eigenvalue weighted by Crippen LogP contribution is 2.32. The summed E-state index contributed by atoms with van der Waals surface area (Å²) in [4.78, 5) is 4.08. The number of aliphatic hydroxyl groups is 1. The molecule has 0 saturated carbocycles. The predicted octanol–water partition coefficient (Wildman–Crippen LogP) is 2.76. The molecule has 0 radical (unpaired) electrons. The normalized spacial score (nSPS) is 12.4. The molecule has 2 aromatic rings. The van der Waals surface area contributed by atoms with Crippen LogP contribution in [0.4, 0.5) is 0 Å². The Bertz CT molecular complexity index is 678. The molecule has 0 amide bonds. The summed E-state index contributed by atoms with van der Waals surface area (Å²) >= 11 is 0. The van der Waals surface area contributed by atoms with E-state index in [4.69, 9.17) is 4.74 Å². The number of aromatic nitrogens is 2. The molecule has 0 aliphatic carbocycles. The van der Waals surface area contributed by atoms with Crippen LogP contribution in [0.15, 0.2) is 37.4 Å². The summed E-state index contributed by atoms with van der Waals surface area (Å²) in [6.07, 6.45) is 4.73.